The van der Waals surface area contributed by atoms with Gasteiger partial charge in [0.05, 0.1) is 19.1 Å². The van der Waals surface area contributed by atoms with Gasteiger partial charge in [0.15, 0.2) is 11.5 Å². The molecule has 0 fully saturated rings. The number of hydrogen-bond acceptors (Lipinski definition) is 4. The highest BCUT2D eigenvalue weighted by molar-refractivity contribution is 7.90. The van der Waals surface area contributed by atoms with Crippen molar-refractivity contribution in [3.63, 3.8) is 0 Å². The molecule has 0 aliphatic rings. The van der Waals surface area contributed by atoms with E-state index in [1.165, 1.54) is 32.6 Å². The van der Waals surface area contributed by atoms with Crippen molar-refractivity contribution in [3.05, 3.63) is 53.6 Å². The van der Waals surface area contributed by atoms with Gasteiger partial charge in [-0.1, -0.05) is 17.7 Å². The van der Waals surface area contributed by atoms with E-state index in [2.05, 4.69) is 4.40 Å². The van der Waals surface area contributed by atoms with Gasteiger partial charge in [0, 0.05) is 6.21 Å². The average Bonchev–Trinajstić information content (AvgIpc) is 2.53. The van der Waals surface area contributed by atoms with Crippen molar-refractivity contribution in [2.75, 3.05) is 14.2 Å². The van der Waals surface area contributed by atoms with Crippen LogP contribution in [0.25, 0.3) is 0 Å². The first-order valence-corrected chi connectivity index (χ1v) is 7.99. The lowest BCUT2D eigenvalue weighted by Crippen LogP contribution is -1.98. The van der Waals surface area contributed by atoms with Gasteiger partial charge in [-0.15, -0.1) is 0 Å². The molecule has 0 saturated heterocycles. The summed E-state index contributed by atoms with van der Waals surface area (Å²) in [5.41, 5.74) is 1.59. The molecule has 0 bridgehead atoms. The van der Waals surface area contributed by atoms with Crippen molar-refractivity contribution in [3.8, 4) is 11.5 Å². The molecule has 6 heteroatoms. The Bertz CT molecular complexity index is 780. The summed E-state index contributed by atoms with van der Waals surface area (Å²) in [5, 5.41) is 0. The molecule has 0 atom stereocenters. The van der Waals surface area contributed by atoms with Gasteiger partial charge in [0.25, 0.3) is 10.0 Å². The minimum absolute atomic E-state index is 0.162. The second kappa shape index (κ2) is 6.62. The summed E-state index contributed by atoms with van der Waals surface area (Å²) in [6.07, 6.45) is 1.29. The van der Waals surface area contributed by atoms with E-state index in [0.717, 1.165) is 5.56 Å². The second-order valence-corrected chi connectivity index (χ2v) is 6.27. The van der Waals surface area contributed by atoms with Crippen LogP contribution in [-0.2, 0) is 10.0 Å². The first-order chi connectivity index (χ1) is 10.5. The molecule has 5 nitrogen and oxygen atoms in total. The Kier molecular flexibility index (Phi) is 4.82. The molecule has 0 saturated carbocycles. The van der Waals surface area contributed by atoms with Crippen LogP contribution >= 0.6 is 0 Å². The third-order valence-corrected chi connectivity index (χ3v) is 4.32. The minimum Gasteiger partial charge on any atom is -0.493 e. The van der Waals surface area contributed by atoms with Crippen molar-refractivity contribution in [2.45, 2.75) is 11.8 Å². The van der Waals surface area contributed by atoms with E-state index >= 15 is 0 Å². The summed E-state index contributed by atoms with van der Waals surface area (Å²) in [4.78, 5) is 0.162. The maximum absolute atomic E-state index is 12.1. The molecular weight excluding hydrogens is 302 g/mol. The Morgan fingerprint density at radius 1 is 0.955 bits per heavy atom. The fraction of sp³-hybridized carbons (Fsp3) is 0.188. The average molecular weight is 319 g/mol. The van der Waals surface area contributed by atoms with Crippen LogP contribution in [0.5, 0.6) is 11.5 Å². The molecule has 2 aromatic carbocycles. The summed E-state index contributed by atoms with van der Waals surface area (Å²) in [5.74, 6) is 1.08. The standard InChI is InChI=1S/C16H17NO4S/c1-12-4-7-14(8-5-12)22(18,19)17-11-13-6-9-15(20-2)16(10-13)21-3/h4-11H,1-3H3. The number of ether oxygens (including phenoxy) is 2. The topological polar surface area (TPSA) is 65.0 Å². The van der Waals surface area contributed by atoms with Crippen LogP contribution in [0.2, 0.25) is 0 Å². The fourth-order valence-electron chi connectivity index (χ4n) is 1.83. The molecule has 0 aliphatic heterocycles. The third kappa shape index (κ3) is 3.65. The molecule has 0 spiro atoms. The van der Waals surface area contributed by atoms with Crippen LogP contribution in [-0.4, -0.2) is 28.9 Å². The summed E-state index contributed by atoms with van der Waals surface area (Å²) >= 11 is 0. The predicted molar refractivity (Wildman–Crippen MR) is 85.5 cm³/mol. The van der Waals surface area contributed by atoms with Crippen LogP contribution < -0.4 is 9.47 Å². The largest absolute Gasteiger partial charge is 0.493 e. The van der Waals surface area contributed by atoms with Crippen LogP contribution in [0, 0.1) is 6.92 Å². The van der Waals surface area contributed by atoms with E-state index in [4.69, 9.17) is 9.47 Å². The second-order valence-electron chi connectivity index (χ2n) is 4.64. The van der Waals surface area contributed by atoms with Crippen LogP contribution in [0.3, 0.4) is 0 Å². The lowest BCUT2D eigenvalue weighted by Gasteiger charge is -2.07. The highest BCUT2D eigenvalue weighted by Gasteiger charge is 2.11. The number of nitrogens with zero attached hydrogens (tertiary/aromatic N) is 1. The molecule has 0 radical (unpaired) electrons. The van der Waals surface area contributed by atoms with Crippen molar-refractivity contribution in [1.29, 1.82) is 0 Å². The van der Waals surface area contributed by atoms with E-state index in [-0.39, 0.29) is 4.90 Å². The van der Waals surface area contributed by atoms with E-state index in [0.29, 0.717) is 17.1 Å². The molecular formula is C16H17NO4S. The first kappa shape index (κ1) is 16.0. The van der Waals surface area contributed by atoms with Crippen molar-refractivity contribution < 1.29 is 17.9 Å². The first-order valence-electron chi connectivity index (χ1n) is 6.55. The maximum atomic E-state index is 12.1. The van der Waals surface area contributed by atoms with Gasteiger partial charge in [0.1, 0.15) is 0 Å². The Labute approximate surface area is 130 Å². The monoisotopic (exact) mass is 319 g/mol. The van der Waals surface area contributed by atoms with Crippen molar-refractivity contribution >= 4 is 16.2 Å². The molecule has 22 heavy (non-hydrogen) atoms. The van der Waals surface area contributed by atoms with Gasteiger partial charge >= 0.3 is 0 Å². The van der Waals surface area contributed by atoms with Gasteiger partial charge < -0.3 is 9.47 Å². The fourth-order valence-corrected chi connectivity index (χ4v) is 2.70. The number of rotatable bonds is 5. The summed E-state index contributed by atoms with van der Waals surface area (Å²) in [6.45, 7) is 1.89. The third-order valence-electron chi connectivity index (χ3n) is 3.07. The zero-order chi connectivity index (χ0) is 16.2. The van der Waals surface area contributed by atoms with E-state index < -0.39 is 10.0 Å². The SMILES string of the molecule is COc1ccc(C=NS(=O)(=O)c2ccc(C)cc2)cc1OC. The Morgan fingerprint density at radius 3 is 2.18 bits per heavy atom. The highest BCUT2D eigenvalue weighted by Crippen LogP contribution is 2.27. The highest BCUT2D eigenvalue weighted by atomic mass is 32.2. The Balaban J connectivity index is 2.29. The number of methoxy groups -OCH3 is 2. The van der Waals surface area contributed by atoms with Crippen LogP contribution in [0.15, 0.2) is 51.8 Å². The van der Waals surface area contributed by atoms with Crippen LogP contribution in [0.1, 0.15) is 11.1 Å². The summed E-state index contributed by atoms with van der Waals surface area (Å²) in [6, 6.07) is 11.6. The Morgan fingerprint density at radius 2 is 1.59 bits per heavy atom. The van der Waals surface area contributed by atoms with Crippen molar-refractivity contribution in [2.24, 2.45) is 4.40 Å². The smallest absolute Gasteiger partial charge is 0.282 e. The molecule has 0 amide bonds. The van der Waals surface area contributed by atoms with E-state index in [9.17, 15) is 8.42 Å². The van der Waals surface area contributed by atoms with Gasteiger partial charge in [-0.25, -0.2) is 0 Å². The molecule has 2 rings (SSSR count). The van der Waals surface area contributed by atoms with E-state index in [1.807, 2.05) is 6.92 Å². The molecule has 0 aliphatic carbocycles. The Hall–Kier alpha value is -2.34. The summed E-state index contributed by atoms with van der Waals surface area (Å²) in [7, 11) is -0.662. The van der Waals surface area contributed by atoms with Gasteiger partial charge in [-0.05, 0) is 42.8 Å². The quantitative estimate of drug-likeness (QED) is 0.795. The zero-order valence-electron chi connectivity index (χ0n) is 12.6. The number of sulfonamides is 1. The van der Waals surface area contributed by atoms with E-state index in [1.54, 1.807) is 30.3 Å². The van der Waals surface area contributed by atoms with Gasteiger partial charge in [0.2, 0.25) is 0 Å². The number of benzene rings is 2. The van der Waals surface area contributed by atoms with Crippen LogP contribution in [0.4, 0.5) is 0 Å². The maximum Gasteiger partial charge on any atom is 0.282 e. The summed E-state index contributed by atoms with van der Waals surface area (Å²) < 4.78 is 38.3. The molecule has 0 aromatic heterocycles. The number of aryl methyl sites for hydroxylation is 1. The van der Waals surface area contributed by atoms with Gasteiger partial charge in [-0.2, -0.15) is 12.8 Å². The number of hydrogen-bond donors (Lipinski definition) is 0. The van der Waals surface area contributed by atoms with Crippen molar-refractivity contribution in [1.82, 2.24) is 0 Å². The predicted octanol–water partition coefficient (Wildman–Crippen LogP) is 2.82. The lowest BCUT2D eigenvalue weighted by atomic mass is 10.2. The molecule has 0 unspecified atom stereocenters. The normalized spacial score (nSPS) is 11.6. The molecule has 116 valence electrons. The zero-order valence-corrected chi connectivity index (χ0v) is 13.4. The minimum atomic E-state index is -3.71. The molecule has 2 aromatic rings. The molecule has 0 N–H and O–H groups in total. The lowest BCUT2D eigenvalue weighted by molar-refractivity contribution is 0.355. The van der Waals surface area contributed by atoms with Gasteiger partial charge in [-0.3, -0.25) is 0 Å². The molecule has 0 heterocycles.